The lowest BCUT2D eigenvalue weighted by molar-refractivity contribution is -0.385. The summed E-state index contributed by atoms with van der Waals surface area (Å²) in [5.41, 5.74) is 17.0. The van der Waals surface area contributed by atoms with Gasteiger partial charge in [-0.3, -0.25) is 15.1 Å². The summed E-state index contributed by atoms with van der Waals surface area (Å²) in [6, 6.07) is 6.69. The van der Waals surface area contributed by atoms with Crippen LogP contribution in [0.25, 0.3) is 12.2 Å². The third-order valence-corrected chi connectivity index (χ3v) is 4.84. The Balaban J connectivity index is 2.34. The molecule has 0 aliphatic heterocycles. The maximum absolute atomic E-state index is 12.6. The van der Waals surface area contributed by atoms with Crippen LogP contribution in [0.2, 0.25) is 0 Å². The fourth-order valence-electron chi connectivity index (χ4n) is 3.13. The number of nitrogens with zero attached hydrogens (tertiary/aromatic N) is 2. The number of hydrogen-bond donors (Lipinski definition) is 3. The summed E-state index contributed by atoms with van der Waals surface area (Å²) in [5, 5.41) is 11.6. The van der Waals surface area contributed by atoms with Crippen molar-refractivity contribution in [2.24, 2.45) is 22.2 Å². The van der Waals surface area contributed by atoms with Crippen LogP contribution >= 0.6 is 0 Å². The van der Waals surface area contributed by atoms with Gasteiger partial charge in [0, 0.05) is 18.2 Å². The van der Waals surface area contributed by atoms with E-state index in [1.165, 1.54) is 33.5 Å². The van der Waals surface area contributed by atoms with Gasteiger partial charge in [0.1, 0.15) is 6.04 Å². The molecule has 6 N–H and O–H groups in total. The number of rotatable bonds is 12. The quantitative estimate of drug-likeness (QED) is 0.0584. The van der Waals surface area contributed by atoms with Crippen molar-refractivity contribution in [1.82, 2.24) is 0 Å². The highest BCUT2D eigenvalue weighted by atomic mass is 16.6. The average molecular weight is 488 g/mol. The maximum atomic E-state index is 12.6. The zero-order valence-corrected chi connectivity index (χ0v) is 19.7. The van der Waals surface area contributed by atoms with Crippen LogP contribution in [0.3, 0.4) is 0 Å². The second kappa shape index (κ2) is 12.8. The van der Waals surface area contributed by atoms with Crippen LogP contribution in [-0.4, -0.2) is 50.8 Å². The van der Waals surface area contributed by atoms with E-state index in [0.717, 1.165) is 0 Å². The Morgan fingerprint density at radius 1 is 1.09 bits per heavy atom. The number of benzene rings is 2. The number of esters is 1. The average Bonchev–Trinajstić information content (AvgIpc) is 2.84. The lowest BCUT2D eigenvalue weighted by Crippen LogP contribution is -2.34. The van der Waals surface area contributed by atoms with Gasteiger partial charge in [-0.2, -0.15) is 0 Å². The number of aliphatic imine (C=N–C) groups is 1. The van der Waals surface area contributed by atoms with Crippen molar-refractivity contribution in [3.8, 4) is 23.0 Å². The van der Waals surface area contributed by atoms with E-state index in [1.54, 1.807) is 30.4 Å². The number of hydrogen-bond acceptors (Lipinski definition) is 9. The van der Waals surface area contributed by atoms with Gasteiger partial charge in [0.25, 0.3) is 0 Å². The van der Waals surface area contributed by atoms with Crippen molar-refractivity contribution in [3.63, 3.8) is 0 Å². The molecular formula is C23H29N5O7. The summed E-state index contributed by atoms with van der Waals surface area (Å²) in [6.07, 6.45) is 3.89. The van der Waals surface area contributed by atoms with Gasteiger partial charge in [-0.25, -0.2) is 4.79 Å². The molecule has 0 spiro atoms. The summed E-state index contributed by atoms with van der Waals surface area (Å²) < 4.78 is 21.4. The van der Waals surface area contributed by atoms with Crippen molar-refractivity contribution < 1.29 is 28.7 Å². The second-order valence-electron chi connectivity index (χ2n) is 7.22. The Kier molecular flexibility index (Phi) is 9.84. The van der Waals surface area contributed by atoms with Crippen LogP contribution in [0.1, 0.15) is 24.0 Å². The summed E-state index contributed by atoms with van der Waals surface area (Å²) in [7, 11) is 4.47. The number of para-hydroxylation sites is 1. The van der Waals surface area contributed by atoms with Crippen molar-refractivity contribution >= 4 is 29.8 Å². The lowest BCUT2D eigenvalue weighted by Gasteiger charge is -2.13. The molecule has 0 radical (unpaired) electrons. The molecular weight excluding hydrogens is 458 g/mol. The van der Waals surface area contributed by atoms with E-state index in [9.17, 15) is 14.9 Å². The SMILES string of the molecule is COc1cc(C=Cc2cccc([N+](=O)[O-])c2OC(=O)[C@@H](N)CCCN=C(N)N)cc(OC)c1OC. The van der Waals surface area contributed by atoms with Crippen molar-refractivity contribution in [3.05, 3.63) is 51.6 Å². The van der Waals surface area contributed by atoms with Gasteiger partial charge in [0.2, 0.25) is 11.5 Å². The highest BCUT2D eigenvalue weighted by molar-refractivity contribution is 5.83. The number of nitro benzene ring substituents is 1. The molecule has 12 nitrogen and oxygen atoms in total. The van der Waals surface area contributed by atoms with E-state index < -0.39 is 16.9 Å². The smallest absolute Gasteiger partial charge is 0.328 e. The van der Waals surface area contributed by atoms with E-state index in [2.05, 4.69) is 4.99 Å². The molecule has 2 aromatic rings. The molecule has 0 aromatic heterocycles. The molecule has 1 atom stereocenters. The number of ether oxygens (including phenoxy) is 4. The predicted molar refractivity (Wildman–Crippen MR) is 132 cm³/mol. The van der Waals surface area contributed by atoms with E-state index in [1.807, 2.05) is 0 Å². The zero-order chi connectivity index (χ0) is 26.0. The van der Waals surface area contributed by atoms with Crippen LogP contribution in [-0.2, 0) is 4.79 Å². The minimum absolute atomic E-state index is 0.0652. The van der Waals surface area contributed by atoms with Gasteiger partial charge >= 0.3 is 11.7 Å². The number of nitro groups is 1. The Bertz CT molecular complexity index is 1090. The summed E-state index contributed by atoms with van der Waals surface area (Å²) >= 11 is 0. The molecule has 0 heterocycles. The summed E-state index contributed by atoms with van der Waals surface area (Å²) in [5.74, 6) is 0.195. The highest BCUT2D eigenvalue weighted by Gasteiger charge is 2.24. The minimum atomic E-state index is -1.02. The Labute approximate surface area is 202 Å². The molecule has 12 heteroatoms. The van der Waals surface area contributed by atoms with Gasteiger partial charge in [-0.05, 0) is 30.5 Å². The monoisotopic (exact) mass is 487 g/mol. The van der Waals surface area contributed by atoms with Crippen molar-refractivity contribution in [2.75, 3.05) is 27.9 Å². The third-order valence-electron chi connectivity index (χ3n) is 4.84. The van der Waals surface area contributed by atoms with Gasteiger partial charge in [-0.15, -0.1) is 0 Å². The Morgan fingerprint density at radius 3 is 2.29 bits per heavy atom. The first kappa shape index (κ1) is 26.9. The first-order valence-corrected chi connectivity index (χ1v) is 10.5. The lowest BCUT2D eigenvalue weighted by atomic mass is 10.1. The van der Waals surface area contributed by atoms with E-state index >= 15 is 0 Å². The largest absolute Gasteiger partial charge is 0.493 e. The number of guanidine groups is 1. The molecule has 188 valence electrons. The second-order valence-corrected chi connectivity index (χ2v) is 7.22. The number of carbonyl (C=O) groups is 1. The molecule has 0 amide bonds. The van der Waals surface area contributed by atoms with E-state index in [-0.39, 0.29) is 30.4 Å². The van der Waals surface area contributed by atoms with Gasteiger partial charge in [0.15, 0.2) is 17.5 Å². The minimum Gasteiger partial charge on any atom is -0.493 e. The van der Waals surface area contributed by atoms with Crippen LogP contribution in [0.4, 0.5) is 5.69 Å². The number of methoxy groups -OCH3 is 3. The first-order chi connectivity index (χ1) is 16.7. The van der Waals surface area contributed by atoms with Crippen LogP contribution in [0, 0.1) is 10.1 Å². The molecule has 0 bridgehead atoms. The van der Waals surface area contributed by atoms with Crippen LogP contribution in [0.15, 0.2) is 35.3 Å². The fourth-order valence-corrected chi connectivity index (χ4v) is 3.13. The van der Waals surface area contributed by atoms with Gasteiger partial charge in [0.05, 0.1) is 26.3 Å². The van der Waals surface area contributed by atoms with E-state index in [0.29, 0.717) is 34.8 Å². The molecule has 2 rings (SSSR count). The Hall–Kier alpha value is -4.32. The fraction of sp³-hybridized carbons (Fsp3) is 0.304. The summed E-state index contributed by atoms with van der Waals surface area (Å²) in [4.78, 5) is 27.3. The standard InChI is InChI=1S/C23H29N5O7/c1-32-18-12-14(13-19(33-2)21(18)34-3)9-10-15-6-4-8-17(28(30)31)20(15)35-22(29)16(24)7-5-11-27-23(25)26/h4,6,8-10,12-13,16H,5,7,11,24H2,1-3H3,(H4,25,26,27)/t16-/m0/s1. The van der Waals surface area contributed by atoms with Crippen molar-refractivity contribution in [2.45, 2.75) is 18.9 Å². The molecule has 0 aliphatic rings. The van der Waals surface area contributed by atoms with Gasteiger partial charge in [-0.1, -0.05) is 24.3 Å². The van der Waals surface area contributed by atoms with Crippen LogP contribution in [0.5, 0.6) is 23.0 Å². The molecule has 0 aliphatic carbocycles. The molecule has 0 saturated carbocycles. The number of carbonyl (C=O) groups excluding carboxylic acids is 1. The molecule has 0 unspecified atom stereocenters. The normalized spacial score (nSPS) is 11.5. The predicted octanol–water partition coefficient (Wildman–Crippen LogP) is 2.08. The molecule has 0 saturated heterocycles. The Morgan fingerprint density at radius 2 is 1.74 bits per heavy atom. The van der Waals surface area contributed by atoms with Crippen LogP contribution < -0.4 is 36.1 Å². The maximum Gasteiger partial charge on any atom is 0.328 e. The first-order valence-electron chi connectivity index (χ1n) is 10.5. The molecule has 2 aromatic carbocycles. The molecule has 0 fully saturated rings. The van der Waals surface area contributed by atoms with Crippen molar-refractivity contribution in [1.29, 1.82) is 0 Å². The molecule has 35 heavy (non-hydrogen) atoms. The third kappa shape index (κ3) is 7.33. The van der Waals surface area contributed by atoms with E-state index in [4.69, 9.17) is 36.1 Å². The van der Waals surface area contributed by atoms with Gasteiger partial charge < -0.3 is 36.1 Å². The highest BCUT2D eigenvalue weighted by Crippen LogP contribution is 2.39. The zero-order valence-electron chi connectivity index (χ0n) is 19.7. The summed E-state index contributed by atoms with van der Waals surface area (Å²) in [6.45, 7) is 0.289. The number of nitrogens with two attached hydrogens (primary N) is 3. The topological polar surface area (TPSA) is 188 Å².